The topological polar surface area (TPSA) is 49.3 Å². The highest BCUT2D eigenvalue weighted by molar-refractivity contribution is 14.0. The van der Waals surface area contributed by atoms with Crippen LogP contribution in [0.15, 0.2) is 28.7 Å². The monoisotopic (exact) mass is 478 g/mol. The van der Waals surface area contributed by atoms with Crippen molar-refractivity contribution in [2.45, 2.75) is 39.5 Å². The van der Waals surface area contributed by atoms with Crippen LogP contribution in [0.4, 0.5) is 0 Å². The summed E-state index contributed by atoms with van der Waals surface area (Å²) in [4.78, 5) is 11.8. The molecule has 4 nitrogen and oxygen atoms in total. The summed E-state index contributed by atoms with van der Waals surface area (Å²) < 4.78 is 0. The van der Waals surface area contributed by atoms with Crippen molar-refractivity contribution < 1.29 is 0 Å². The van der Waals surface area contributed by atoms with Crippen LogP contribution in [0.1, 0.15) is 35.5 Å². The standard InChI is InChI=1S/C17H26N4S2.HI/c1-5-18-16(19-9-8-15-20-11-13(2)23-15)21-12-17(3,4)14-7-6-10-22-14;/h6-7,10-11H,5,8-9,12H2,1-4H3,(H2,18,19,21);1H. The van der Waals surface area contributed by atoms with Crippen LogP contribution in [-0.4, -0.2) is 30.6 Å². The van der Waals surface area contributed by atoms with E-state index in [4.69, 9.17) is 4.99 Å². The molecule has 0 radical (unpaired) electrons. The number of hydrogen-bond acceptors (Lipinski definition) is 4. The number of halogens is 1. The van der Waals surface area contributed by atoms with E-state index in [1.165, 1.54) is 14.8 Å². The van der Waals surface area contributed by atoms with Crippen LogP contribution < -0.4 is 10.6 Å². The Labute approximate surface area is 170 Å². The third-order valence-corrected chi connectivity index (χ3v) is 5.67. The minimum absolute atomic E-state index is 0. The summed E-state index contributed by atoms with van der Waals surface area (Å²) in [6.07, 6.45) is 2.86. The molecular weight excluding hydrogens is 451 g/mol. The third-order valence-electron chi connectivity index (χ3n) is 3.47. The van der Waals surface area contributed by atoms with E-state index in [1.54, 1.807) is 22.7 Å². The first-order chi connectivity index (χ1) is 11.0. The quantitative estimate of drug-likeness (QED) is 0.356. The maximum atomic E-state index is 4.76. The van der Waals surface area contributed by atoms with Crippen molar-refractivity contribution in [3.05, 3.63) is 38.5 Å². The molecule has 2 heterocycles. The Morgan fingerprint density at radius 1 is 1.33 bits per heavy atom. The van der Waals surface area contributed by atoms with Gasteiger partial charge >= 0.3 is 0 Å². The second-order valence-corrected chi connectivity index (χ2v) is 8.36. The predicted molar refractivity (Wildman–Crippen MR) is 117 cm³/mol. The lowest BCUT2D eigenvalue weighted by molar-refractivity contribution is 0.548. The summed E-state index contributed by atoms with van der Waals surface area (Å²) in [5, 5.41) is 10.0. The zero-order chi connectivity index (χ0) is 16.7. The number of thiazole rings is 1. The summed E-state index contributed by atoms with van der Waals surface area (Å²) in [5.41, 5.74) is 0.0585. The van der Waals surface area contributed by atoms with Crippen LogP contribution in [0.2, 0.25) is 0 Å². The van der Waals surface area contributed by atoms with Crippen molar-refractivity contribution in [2.75, 3.05) is 19.6 Å². The zero-order valence-corrected chi connectivity index (χ0v) is 18.7. The Balaban J connectivity index is 0.00000288. The van der Waals surface area contributed by atoms with Crippen molar-refractivity contribution in [3.63, 3.8) is 0 Å². The number of aryl methyl sites for hydroxylation is 1. The molecule has 2 aromatic heterocycles. The van der Waals surface area contributed by atoms with E-state index in [-0.39, 0.29) is 29.4 Å². The predicted octanol–water partition coefficient (Wildman–Crippen LogP) is 4.21. The number of nitrogens with one attached hydrogen (secondary N) is 2. The van der Waals surface area contributed by atoms with E-state index in [0.29, 0.717) is 0 Å². The van der Waals surface area contributed by atoms with Crippen molar-refractivity contribution in [2.24, 2.45) is 4.99 Å². The molecule has 0 aliphatic heterocycles. The Kier molecular flexibility index (Phi) is 9.22. The van der Waals surface area contributed by atoms with E-state index in [1.807, 2.05) is 6.20 Å². The Morgan fingerprint density at radius 2 is 2.12 bits per heavy atom. The van der Waals surface area contributed by atoms with Gasteiger partial charge in [-0.3, -0.25) is 4.99 Å². The molecule has 0 saturated heterocycles. The van der Waals surface area contributed by atoms with Gasteiger partial charge in [-0.05, 0) is 25.3 Å². The molecule has 0 saturated carbocycles. The fraction of sp³-hybridized carbons (Fsp3) is 0.529. The van der Waals surface area contributed by atoms with Crippen molar-refractivity contribution in [1.29, 1.82) is 0 Å². The van der Waals surface area contributed by atoms with Gasteiger partial charge in [0, 0.05) is 40.9 Å². The molecule has 0 amide bonds. The van der Waals surface area contributed by atoms with Gasteiger partial charge < -0.3 is 10.6 Å². The molecule has 134 valence electrons. The zero-order valence-electron chi connectivity index (χ0n) is 14.8. The van der Waals surface area contributed by atoms with Crippen LogP contribution in [0.3, 0.4) is 0 Å². The lowest BCUT2D eigenvalue weighted by Crippen LogP contribution is -2.39. The molecule has 2 N–H and O–H groups in total. The van der Waals surface area contributed by atoms with E-state index >= 15 is 0 Å². The molecule has 0 spiro atoms. The van der Waals surface area contributed by atoms with Gasteiger partial charge in [0.1, 0.15) is 0 Å². The van der Waals surface area contributed by atoms with Crippen LogP contribution in [0.25, 0.3) is 0 Å². The average molecular weight is 478 g/mol. The van der Waals surface area contributed by atoms with Gasteiger partial charge in [-0.15, -0.1) is 46.7 Å². The highest BCUT2D eigenvalue weighted by atomic mass is 127. The molecule has 0 aliphatic rings. The van der Waals surface area contributed by atoms with E-state index < -0.39 is 0 Å². The number of hydrogen-bond donors (Lipinski definition) is 2. The van der Waals surface area contributed by atoms with E-state index in [9.17, 15) is 0 Å². The Bertz CT molecular complexity index is 620. The molecule has 0 unspecified atom stereocenters. The van der Waals surface area contributed by atoms with E-state index in [0.717, 1.165) is 32.0 Å². The average Bonchev–Trinajstić information content (AvgIpc) is 3.17. The first-order valence-electron chi connectivity index (χ1n) is 7.99. The molecule has 2 aromatic rings. The minimum Gasteiger partial charge on any atom is -0.357 e. The van der Waals surface area contributed by atoms with Gasteiger partial charge in [0.05, 0.1) is 11.6 Å². The fourth-order valence-corrected chi connectivity index (χ4v) is 3.80. The normalized spacial score (nSPS) is 11.9. The van der Waals surface area contributed by atoms with E-state index in [2.05, 4.69) is 60.8 Å². The lowest BCUT2D eigenvalue weighted by atomic mass is 9.92. The van der Waals surface area contributed by atoms with Gasteiger partial charge in [-0.2, -0.15) is 0 Å². The maximum absolute atomic E-state index is 4.76. The molecule has 2 rings (SSSR count). The first kappa shape index (κ1) is 21.4. The maximum Gasteiger partial charge on any atom is 0.191 e. The molecule has 0 atom stereocenters. The summed E-state index contributed by atoms with van der Waals surface area (Å²) in [6, 6.07) is 4.29. The summed E-state index contributed by atoms with van der Waals surface area (Å²) in [6.45, 7) is 11.1. The number of rotatable bonds is 7. The van der Waals surface area contributed by atoms with Crippen molar-refractivity contribution >= 4 is 52.6 Å². The molecule has 0 bridgehead atoms. The number of aliphatic imine (C=N–C) groups is 1. The Hall–Kier alpha value is -0.670. The number of guanidine groups is 1. The molecule has 0 aromatic carbocycles. The van der Waals surface area contributed by atoms with Gasteiger partial charge in [-0.1, -0.05) is 19.9 Å². The van der Waals surface area contributed by atoms with Gasteiger partial charge in [-0.25, -0.2) is 4.98 Å². The Morgan fingerprint density at radius 3 is 2.71 bits per heavy atom. The summed E-state index contributed by atoms with van der Waals surface area (Å²) in [7, 11) is 0. The third kappa shape index (κ3) is 6.68. The molecule has 7 heteroatoms. The lowest BCUT2D eigenvalue weighted by Gasteiger charge is -2.21. The SMILES string of the molecule is CCNC(=NCC(C)(C)c1cccs1)NCCc1ncc(C)s1.I. The minimum atomic E-state index is 0. The van der Waals surface area contributed by atoms with Crippen molar-refractivity contribution in [1.82, 2.24) is 15.6 Å². The van der Waals surface area contributed by atoms with Gasteiger partial charge in [0.2, 0.25) is 0 Å². The number of nitrogens with zero attached hydrogens (tertiary/aromatic N) is 2. The number of thiophene rings is 1. The smallest absolute Gasteiger partial charge is 0.191 e. The second kappa shape index (κ2) is 10.4. The van der Waals surface area contributed by atoms with Crippen molar-refractivity contribution in [3.8, 4) is 0 Å². The summed E-state index contributed by atoms with van der Waals surface area (Å²) >= 11 is 3.55. The summed E-state index contributed by atoms with van der Waals surface area (Å²) in [5.74, 6) is 0.880. The molecular formula is C17H27IN4S2. The van der Waals surface area contributed by atoms with Crippen LogP contribution in [0, 0.1) is 6.92 Å². The molecule has 0 aliphatic carbocycles. The largest absolute Gasteiger partial charge is 0.357 e. The van der Waals surface area contributed by atoms with Gasteiger partial charge in [0.15, 0.2) is 5.96 Å². The first-order valence-corrected chi connectivity index (χ1v) is 9.68. The van der Waals surface area contributed by atoms with Gasteiger partial charge in [0.25, 0.3) is 0 Å². The van der Waals surface area contributed by atoms with Crippen LogP contribution in [0.5, 0.6) is 0 Å². The molecule has 24 heavy (non-hydrogen) atoms. The number of aromatic nitrogens is 1. The van der Waals surface area contributed by atoms with Crippen LogP contribution in [-0.2, 0) is 11.8 Å². The molecule has 0 fully saturated rings. The highest BCUT2D eigenvalue weighted by Gasteiger charge is 2.21. The second-order valence-electron chi connectivity index (χ2n) is 6.10. The fourth-order valence-electron chi connectivity index (χ4n) is 2.16. The highest BCUT2D eigenvalue weighted by Crippen LogP contribution is 2.27. The van der Waals surface area contributed by atoms with Crippen LogP contribution >= 0.6 is 46.7 Å².